The van der Waals surface area contributed by atoms with E-state index < -0.39 is 17.8 Å². The monoisotopic (exact) mass is 375 g/mol. The minimum atomic E-state index is -4.40. The molecule has 0 aliphatic rings. The van der Waals surface area contributed by atoms with Crippen LogP contribution in [-0.4, -0.2) is 27.3 Å². The molecular weight excluding hydrogens is 359 g/mol. The fraction of sp³-hybridized carbons (Fsp3) is 0.167. The van der Waals surface area contributed by atoms with E-state index in [9.17, 15) is 18.0 Å². The molecular formula is C18H16F3N5O. The van der Waals surface area contributed by atoms with Crippen molar-refractivity contribution in [1.29, 1.82) is 0 Å². The van der Waals surface area contributed by atoms with Crippen LogP contribution in [0.2, 0.25) is 0 Å². The largest absolute Gasteiger partial charge is 0.416 e. The third-order valence-corrected chi connectivity index (χ3v) is 3.71. The Morgan fingerprint density at radius 2 is 1.74 bits per heavy atom. The number of amides is 2. The highest BCUT2D eigenvalue weighted by Crippen LogP contribution is 2.29. The maximum atomic E-state index is 12.5. The Balaban J connectivity index is 1.47. The number of alkyl halides is 3. The van der Waals surface area contributed by atoms with Crippen molar-refractivity contribution in [3.63, 3.8) is 0 Å². The first-order valence-electron chi connectivity index (χ1n) is 8.08. The number of halogens is 3. The summed E-state index contributed by atoms with van der Waals surface area (Å²) in [5.74, 6) is 0. The van der Waals surface area contributed by atoms with Crippen LogP contribution in [0.25, 0.3) is 11.3 Å². The number of pyridine rings is 1. The number of hydrogen-bond acceptors (Lipinski definition) is 3. The molecule has 0 aliphatic heterocycles. The highest BCUT2D eigenvalue weighted by Gasteiger charge is 2.29. The van der Waals surface area contributed by atoms with Crippen LogP contribution in [0.4, 0.5) is 23.7 Å². The number of carbonyl (C=O) groups excluding carboxylic acids is 1. The van der Waals surface area contributed by atoms with Crippen LogP contribution in [-0.2, 0) is 12.7 Å². The number of nitrogens with one attached hydrogen (secondary N) is 2. The van der Waals surface area contributed by atoms with E-state index in [1.54, 1.807) is 23.3 Å². The summed E-state index contributed by atoms with van der Waals surface area (Å²) in [6, 6.07) is 9.30. The van der Waals surface area contributed by atoms with E-state index in [1.807, 2.05) is 18.2 Å². The van der Waals surface area contributed by atoms with Gasteiger partial charge >= 0.3 is 12.2 Å². The van der Waals surface area contributed by atoms with Crippen molar-refractivity contribution in [1.82, 2.24) is 20.1 Å². The number of aromatic nitrogens is 3. The van der Waals surface area contributed by atoms with Crippen molar-refractivity contribution in [2.45, 2.75) is 12.7 Å². The van der Waals surface area contributed by atoms with Gasteiger partial charge in [0.25, 0.3) is 0 Å². The fourth-order valence-electron chi connectivity index (χ4n) is 2.36. The molecule has 9 heteroatoms. The molecule has 2 amide bonds. The lowest BCUT2D eigenvalue weighted by Crippen LogP contribution is -2.31. The Kier molecular flexibility index (Phi) is 5.39. The van der Waals surface area contributed by atoms with Crippen LogP contribution in [0.3, 0.4) is 0 Å². The van der Waals surface area contributed by atoms with Crippen LogP contribution in [0.15, 0.2) is 61.1 Å². The van der Waals surface area contributed by atoms with E-state index >= 15 is 0 Å². The second kappa shape index (κ2) is 7.90. The van der Waals surface area contributed by atoms with Gasteiger partial charge in [-0.05, 0) is 42.5 Å². The first-order valence-corrected chi connectivity index (χ1v) is 8.08. The minimum absolute atomic E-state index is 0.277. The molecule has 0 spiro atoms. The minimum Gasteiger partial charge on any atom is -0.336 e. The third-order valence-electron chi connectivity index (χ3n) is 3.71. The zero-order valence-electron chi connectivity index (χ0n) is 14.1. The fourth-order valence-corrected chi connectivity index (χ4v) is 2.36. The topological polar surface area (TPSA) is 71.8 Å². The van der Waals surface area contributed by atoms with Gasteiger partial charge in [0.15, 0.2) is 0 Å². The molecule has 1 aromatic carbocycles. The summed E-state index contributed by atoms with van der Waals surface area (Å²) in [7, 11) is 0. The molecule has 0 saturated heterocycles. The van der Waals surface area contributed by atoms with Crippen molar-refractivity contribution in [3.8, 4) is 11.3 Å². The summed E-state index contributed by atoms with van der Waals surface area (Å²) in [5.41, 5.74) is 1.25. The van der Waals surface area contributed by atoms with E-state index in [1.165, 1.54) is 12.1 Å². The van der Waals surface area contributed by atoms with Crippen LogP contribution >= 0.6 is 0 Å². The molecule has 2 N–H and O–H groups in total. The molecule has 140 valence electrons. The second-order valence-electron chi connectivity index (χ2n) is 5.66. The Hall–Kier alpha value is -3.36. The smallest absolute Gasteiger partial charge is 0.336 e. The molecule has 0 radical (unpaired) electrons. The average molecular weight is 375 g/mol. The van der Waals surface area contributed by atoms with Gasteiger partial charge in [0.1, 0.15) is 0 Å². The van der Waals surface area contributed by atoms with Crippen LogP contribution in [0.5, 0.6) is 0 Å². The highest BCUT2D eigenvalue weighted by molar-refractivity contribution is 5.89. The maximum absolute atomic E-state index is 12.5. The standard InChI is InChI=1S/C18H16F3N5O/c19-18(20,21)14-1-3-15(4-2-14)24-17(27)23-10-12-26-11-7-16(25-26)13-5-8-22-9-6-13/h1-9,11H,10,12H2,(H2,23,24,27). The second-order valence-corrected chi connectivity index (χ2v) is 5.66. The van der Waals surface area contributed by atoms with Gasteiger partial charge in [0, 0.05) is 36.4 Å². The predicted molar refractivity (Wildman–Crippen MR) is 93.9 cm³/mol. The molecule has 0 fully saturated rings. The molecule has 2 aromatic heterocycles. The number of anilines is 1. The Bertz CT molecular complexity index is 891. The van der Waals surface area contributed by atoms with Gasteiger partial charge in [-0.1, -0.05) is 0 Å². The molecule has 2 heterocycles. The zero-order valence-corrected chi connectivity index (χ0v) is 14.1. The maximum Gasteiger partial charge on any atom is 0.416 e. The summed E-state index contributed by atoms with van der Waals surface area (Å²) in [5, 5.41) is 9.52. The third kappa shape index (κ3) is 5.06. The quantitative estimate of drug-likeness (QED) is 0.713. The molecule has 0 atom stereocenters. The lowest BCUT2D eigenvalue weighted by molar-refractivity contribution is -0.137. The summed E-state index contributed by atoms with van der Waals surface area (Å²) in [6.07, 6.45) is 0.758. The molecule has 0 aliphatic carbocycles. The van der Waals surface area contributed by atoms with Gasteiger partial charge < -0.3 is 10.6 Å². The number of urea groups is 1. The van der Waals surface area contributed by atoms with Gasteiger partial charge in [-0.3, -0.25) is 9.67 Å². The normalized spacial score (nSPS) is 11.2. The van der Waals surface area contributed by atoms with Crippen LogP contribution in [0, 0.1) is 0 Å². The molecule has 3 aromatic rings. The number of benzene rings is 1. The molecule has 27 heavy (non-hydrogen) atoms. The number of carbonyl (C=O) groups is 1. The van der Waals surface area contributed by atoms with Gasteiger partial charge in [-0.25, -0.2) is 4.79 Å². The van der Waals surface area contributed by atoms with E-state index in [0.29, 0.717) is 13.1 Å². The molecule has 3 rings (SSSR count). The van der Waals surface area contributed by atoms with Crippen molar-refractivity contribution in [2.24, 2.45) is 0 Å². The Labute approximate surface area is 153 Å². The summed E-state index contributed by atoms with van der Waals surface area (Å²) >= 11 is 0. The summed E-state index contributed by atoms with van der Waals surface area (Å²) in [6.45, 7) is 0.759. The summed E-state index contributed by atoms with van der Waals surface area (Å²) < 4.78 is 39.2. The number of rotatable bonds is 5. The molecule has 6 nitrogen and oxygen atoms in total. The van der Waals surface area contributed by atoms with Gasteiger partial charge in [-0.15, -0.1) is 0 Å². The Morgan fingerprint density at radius 1 is 1.04 bits per heavy atom. The number of nitrogens with zero attached hydrogens (tertiary/aromatic N) is 3. The molecule has 0 unspecified atom stereocenters. The van der Waals surface area contributed by atoms with Crippen LogP contribution in [0.1, 0.15) is 5.56 Å². The van der Waals surface area contributed by atoms with Crippen molar-refractivity contribution < 1.29 is 18.0 Å². The predicted octanol–water partition coefficient (Wildman–Crippen LogP) is 3.79. The van der Waals surface area contributed by atoms with Crippen molar-refractivity contribution >= 4 is 11.7 Å². The summed E-state index contributed by atoms with van der Waals surface area (Å²) in [4.78, 5) is 15.8. The first-order chi connectivity index (χ1) is 12.9. The number of hydrogen-bond donors (Lipinski definition) is 2. The molecule has 0 saturated carbocycles. The van der Waals surface area contributed by atoms with E-state index in [2.05, 4.69) is 20.7 Å². The Morgan fingerprint density at radius 3 is 2.41 bits per heavy atom. The van der Waals surface area contributed by atoms with Gasteiger partial charge in [0.05, 0.1) is 17.8 Å². The van der Waals surface area contributed by atoms with Crippen LogP contribution < -0.4 is 10.6 Å². The van der Waals surface area contributed by atoms with E-state index in [-0.39, 0.29) is 5.69 Å². The average Bonchev–Trinajstić information content (AvgIpc) is 3.11. The SMILES string of the molecule is O=C(NCCn1ccc(-c2ccncc2)n1)Nc1ccc(C(F)(F)F)cc1. The highest BCUT2D eigenvalue weighted by atomic mass is 19.4. The zero-order chi connectivity index (χ0) is 19.3. The van der Waals surface area contributed by atoms with Gasteiger partial charge in [-0.2, -0.15) is 18.3 Å². The van der Waals surface area contributed by atoms with Crippen molar-refractivity contribution in [3.05, 3.63) is 66.6 Å². The van der Waals surface area contributed by atoms with E-state index in [4.69, 9.17) is 0 Å². The first kappa shape index (κ1) is 18.4. The molecule has 0 bridgehead atoms. The van der Waals surface area contributed by atoms with E-state index in [0.717, 1.165) is 23.4 Å². The lowest BCUT2D eigenvalue weighted by atomic mass is 10.2. The lowest BCUT2D eigenvalue weighted by Gasteiger charge is -2.10. The van der Waals surface area contributed by atoms with Gasteiger partial charge in [0.2, 0.25) is 0 Å². The van der Waals surface area contributed by atoms with Crippen molar-refractivity contribution in [2.75, 3.05) is 11.9 Å².